The van der Waals surface area contributed by atoms with Crippen LogP contribution in [0.2, 0.25) is 19.1 Å². The molecule has 0 bridgehead atoms. The van der Waals surface area contributed by atoms with E-state index in [4.69, 9.17) is 11.1 Å². The molecule has 0 heterocycles. The summed E-state index contributed by atoms with van der Waals surface area (Å²) in [6, 6.07) is 1.18. The van der Waals surface area contributed by atoms with Crippen molar-refractivity contribution in [1.29, 1.82) is 0 Å². The minimum atomic E-state index is -1.43. The molecule has 0 aromatic heterocycles. The van der Waals surface area contributed by atoms with E-state index in [2.05, 4.69) is 43.5 Å². The van der Waals surface area contributed by atoms with E-state index in [9.17, 15) is 0 Å². The first-order valence-corrected chi connectivity index (χ1v) is 10.2. The van der Waals surface area contributed by atoms with Crippen LogP contribution in [-0.2, 0) is 0 Å². The first kappa shape index (κ1) is 11.9. The highest BCUT2D eigenvalue weighted by Crippen LogP contribution is 2.33. The van der Waals surface area contributed by atoms with E-state index >= 15 is 0 Å². The Labute approximate surface area is 104 Å². The van der Waals surface area contributed by atoms with E-state index in [1.54, 1.807) is 0 Å². The first-order chi connectivity index (χ1) is 7.56. The molecule has 0 nitrogen and oxygen atoms in total. The summed E-state index contributed by atoms with van der Waals surface area (Å²) >= 11 is 6.38. The van der Waals surface area contributed by atoms with Gasteiger partial charge in [-0.2, -0.15) is 11.1 Å². The molecular weight excluding hydrogens is 232 g/mol. The summed E-state index contributed by atoms with van der Waals surface area (Å²) in [7, 11) is -1.43. The third-order valence-electron chi connectivity index (χ3n) is 3.14. The quantitative estimate of drug-likeness (QED) is 0.489. The normalized spacial score (nSPS) is 19.8. The molecule has 0 aromatic rings. The van der Waals surface area contributed by atoms with Crippen LogP contribution in [0.1, 0.15) is 19.3 Å². The van der Waals surface area contributed by atoms with Gasteiger partial charge in [0.15, 0.2) is 7.38 Å². The maximum Gasteiger partial charge on any atom is 0.150 e. The van der Waals surface area contributed by atoms with Gasteiger partial charge >= 0.3 is 0 Å². The summed E-state index contributed by atoms with van der Waals surface area (Å²) in [5.74, 6) is 0. The molecule has 0 saturated heterocycles. The molecular formula is C14H19ClSi. The van der Waals surface area contributed by atoms with Crippen molar-refractivity contribution < 1.29 is 0 Å². The average molecular weight is 251 g/mol. The average Bonchev–Trinajstić information content (AvgIpc) is 2.84. The lowest BCUT2D eigenvalue weighted by molar-refractivity contribution is 1.09. The van der Waals surface area contributed by atoms with Crippen molar-refractivity contribution in [2.75, 3.05) is 0 Å². The highest BCUT2D eigenvalue weighted by molar-refractivity contribution is 7.19. The molecule has 0 aliphatic heterocycles. The van der Waals surface area contributed by atoms with Gasteiger partial charge in [-0.15, -0.1) is 0 Å². The van der Waals surface area contributed by atoms with Gasteiger partial charge in [-0.05, 0) is 42.0 Å². The zero-order valence-corrected chi connectivity index (χ0v) is 11.8. The third-order valence-corrected chi connectivity index (χ3v) is 5.14. The third kappa shape index (κ3) is 2.99. The molecule has 2 rings (SSSR count). The van der Waals surface area contributed by atoms with E-state index in [-0.39, 0.29) is 0 Å². The predicted octanol–water partition coefficient (Wildman–Crippen LogP) is 4.96. The Morgan fingerprint density at radius 3 is 2.69 bits per heavy atom. The van der Waals surface area contributed by atoms with E-state index in [0.29, 0.717) is 0 Å². The fourth-order valence-corrected chi connectivity index (χ4v) is 3.35. The summed E-state index contributed by atoms with van der Waals surface area (Å²) in [4.78, 5) is 0. The molecule has 0 fully saturated rings. The molecule has 0 atom stereocenters. The summed E-state index contributed by atoms with van der Waals surface area (Å²) in [6.45, 7) is 4.45. The zero-order chi connectivity index (χ0) is 11.6. The van der Waals surface area contributed by atoms with Crippen LogP contribution in [-0.4, -0.2) is 7.38 Å². The number of halogens is 1. The fourth-order valence-electron chi connectivity index (χ4n) is 2.20. The summed E-state index contributed by atoms with van der Waals surface area (Å²) in [5, 5.41) is 0. The molecule has 0 radical (unpaired) electrons. The zero-order valence-electron chi connectivity index (χ0n) is 10.1. The van der Waals surface area contributed by atoms with Crippen molar-refractivity contribution in [2.24, 2.45) is 0 Å². The highest BCUT2D eigenvalue weighted by atomic mass is 35.6. The smallest absolute Gasteiger partial charge is 0.150 e. The Balaban J connectivity index is 2.08. The Kier molecular flexibility index (Phi) is 3.55. The molecule has 0 aromatic carbocycles. The van der Waals surface area contributed by atoms with Crippen LogP contribution in [0.4, 0.5) is 0 Å². The van der Waals surface area contributed by atoms with Gasteiger partial charge in [0, 0.05) is 0 Å². The molecule has 2 heteroatoms. The van der Waals surface area contributed by atoms with E-state index in [1.807, 2.05) is 0 Å². The minimum absolute atomic E-state index is 1.10. The largest absolute Gasteiger partial charge is 0.168 e. The van der Waals surface area contributed by atoms with Crippen molar-refractivity contribution >= 4 is 18.5 Å². The Morgan fingerprint density at radius 1 is 1.25 bits per heavy atom. The molecule has 0 unspecified atom stereocenters. The Morgan fingerprint density at radius 2 is 2.06 bits per heavy atom. The maximum atomic E-state index is 6.38. The number of hydrogen-bond acceptors (Lipinski definition) is 0. The van der Waals surface area contributed by atoms with Gasteiger partial charge in [-0.3, -0.25) is 0 Å². The lowest BCUT2D eigenvalue weighted by Gasteiger charge is -2.14. The topological polar surface area (TPSA) is 0 Å². The predicted molar refractivity (Wildman–Crippen MR) is 75.4 cm³/mol. The number of rotatable bonds is 4. The van der Waals surface area contributed by atoms with Gasteiger partial charge in [0.25, 0.3) is 0 Å². The summed E-state index contributed by atoms with van der Waals surface area (Å²) in [6.07, 6.45) is 14.7. The second kappa shape index (κ2) is 4.76. The lowest BCUT2D eigenvalue weighted by Crippen LogP contribution is -2.15. The van der Waals surface area contributed by atoms with Gasteiger partial charge < -0.3 is 0 Å². The first-order valence-electron chi connectivity index (χ1n) is 6.01. The SMILES string of the molecule is C[Si](C)(Cl)CCC1=C(C2=CCC=C2)CC=C1. The number of allylic oxidation sites excluding steroid dienone is 8. The summed E-state index contributed by atoms with van der Waals surface area (Å²) < 4.78 is 0. The molecule has 2 aliphatic rings. The van der Waals surface area contributed by atoms with Gasteiger partial charge in [-0.25, -0.2) is 0 Å². The second-order valence-corrected chi connectivity index (χ2v) is 12.1. The minimum Gasteiger partial charge on any atom is -0.168 e. The van der Waals surface area contributed by atoms with Crippen LogP contribution in [0.15, 0.2) is 47.1 Å². The Bertz CT molecular complexity index is 391. The standard InChI is InChI=1S/C14H19ClSi/c1-16(2,15)11-10-13-8-5-9-14(13)12-6-3-4-7-12/h3,5-8H,4,9-11H2,1-2H3. The van der Waals surface area contributed by atoms with Crippen molar-refractivity contribution in [3.05, 3.63) is 47.1 Å². The molecule has 0 amide bonds. The molecule has 2 aliphatic carbocycles. The van der Waals surface area contributed by atoms with Gasteiger partial charge in [0.2, 0.25) is 0 Å². The van der Waals surface area contributed by atoms with Crippen LogP contribution >= 0.6 is 11.1 Å². The molecule has 86 valence electrons. The monoisotopic (exact) mass is 250 g/mol. The van der Waals surface area contributed by atoms with E-state index < -0.39 is 7.38 Å². The van der Waals surface area contributed by atoms with Crippen molar-refractivity contribution in [3.63, 3.8) is 0 Å². The number of hydrogen-bond donors (Lipinski definition) is 0. The maximum absolute atomic E-state index is 6.38. The van der Waals surface area contributed by atoms with Crippen LogP contribution in [0, 0.1) is 0 Å². The molecule has 0 saturated carbocycles. The van der Waals surface area contributed by atoms with Gasteiger partial charge in [0.1, 0.15) is 0 Å². The van der Waals surface area contributed by atoms with E-state index in [1.165, 1.54) is 22.8 Å². The van der Waals surface area contributed by atoms with Crippen LogP contribution < -0.4 is 0 Å². The Hall–Kier alpha value is -0.533. The fraction of sp³-hybridized carbons (Fsp3) is 0.429. The molecule has 16 heavy (non-hydrogen) atoms. The van der Waals surface area contributed by atoms with Crippen LogP contribution in [0.5, 0.6) is 0 Å². The second-order valence-electron chi connectivity index (χ2n) is 5.13. The summed E-state index contributed by atoms with van der Waals surface area (Å²) in [5.41, 5.74) is 4.48. The van der Waals surface area contributed by atoms with Crippen LogP contribution in [0.3, 0.4) is 0 Å². The van der Waals surface area contributed by atoms with E-state index in [0.717, 1.165) is 19.3 Å². The van der Waals surface area contributed by atoms with Gasteiger partial charge in [-0.1, -0.05) is 43.5 Å². The van der Waals surface area contributed by atoms with Gasteiger partial charge in [0.05, 0.1) is 0 Å². The van der Waals surface area contributed by atoms with Crippen molar-refractivity contribution in [3.8, 4) is 0 Å². The van der Waals surface area contributed by atoms with Crippen LogP contribution in [0.25, 0.3) is 0 Å². The molecule has 0 spiro atoms. The molecule has 0 N–H and O–H groups in total. The van der Waals surface area contributed by atoms with Crippen molar-refractivity contribution in [1.82, 2.24) is 0 Å². The highest BCUT2D eigenvalue weighted by Gasteiger charge is 2.19. The lowest BCUT2D eigenvalue weighted by atomic mass is 10.0. The van der Waals surface area contributed by atoms with Crippen molar-refractivity contribution in [2.45, 2.75) is 38.4 Å².